The van der Waals surface area contributed by atoms with Crippen LogP contribution in [-0.2, 0) is 14.9 Å². The van der Waals surface area contributed by atoms with Crippen molar-refractivity contribution in [2.24, 2.45) is 5.92 Å². The minimum atomic E-state index is -4.63. The second-order valence-corrected chi connectivity index (χ2v) is 10.4. The average Bonchev–Trinajstić information content (AvgIpc) is 3.34. The second-order valence-electron chi connectivity index (χ2n) is 10.4. The maximum Gasteiger partial charge on any atom is 0.413 e. The SMILES string of the molecule is CN(C(=O)C1CCOCC1)[C@@H](c1ccc(C2CC(C)(C)c3c2cnc2cc(F)nn32)cc1)C(F)(F)F. The van der Waals surface area contributed by atoms with Gasteiger partial charge in [0.05, 0.1) is 5.69 Å². The number of amides is 1. The molecule has 1 saturated heterocycles. The van der Waals surface area contributed by atoms with Crippen LogP contribution >= 0.6 is 0 Å². The summed E-state index contributed by atoms with van der Waals surface area (Å²) in [5.41, 5.74) is 2.64. The Hall–Kier alpha value is -3.01. The fraction of sp³-hybridized carbons (Fsp3) is 0.500. The molecule has 10 heteroatoms. The zero-order chi connectivity index (χ0) is 25.8. The molecular formula is C26H28F4N4O2. The van der Waals surface area contributed by atoms with Crippen LogP contribution in [0.3, 0.4) is 0 Å². The Labute approximate surface area is 206 Å². The number of alkyl halides is 3. The highest BCUT2D eigenvalue weighted by Gasteiger charge is 2.46. The summed E-state index contributed by atoms with van der Waals surface area (Å²) in [4.78, 5) is 18.0. The van der Waals surface area contributed by atoms with Crippen LogP contribution in [0, 0.1) is 11.9 Å². The lowest BCUT2D eigenvalue weighted by Gasteiger charge is -2.34. The third-order valence-electron chi connectivity index (χ3n) is 7.48. The zero-order valence-electron chi connectivity index (χ0n) is 20.3. The Morgan fingerprint density at radius 3 is 2.50 bits per heavy atom. The van der Waals surface area contributed by atoms with Gasteiger partial charge in [-0.25, -0.2) is 9.50 Å². The average molecular weight is 505 g/mol. The summed E-state index contributed by atoms with van der Waals surface area (Å²) in [7, 11) is 1.22. The van der Waals surface area contributed by atoms with Gasteiger partial charge in [-0.1, -0.05) is 38.1 Å². The minimum absolute atomic E-state index is 0.00867. The molecule has 2 aliphatic rings. The van der Waals surface area contributed by atoms with Gasteiger partial charge >= 0.3 is 6.18 Å². The van der Waals surface area contributed by atoms with E-state index in [1.807, 2.05) is 13.8 Å². The van der Waals surface area contributed by atoms with Crippen molar-refractivity contribution in [3.8, 4) is 0 Å². The van der Waals surface area contributed by atoms with Crippen LogP contribution in [0.15, 0.2) is 36.5 Å². The van der Waals surface area contributed by atoms with E-state index in [-0.39, 0.29) is 16.9 Å². The van der Waals surface area contributed by atoms with Crippen LogP contribution in [0.5, 0.6) is 0 Å². The van der Waals surface area contributed by atoms with Gasteiger partial charge in [0.1, 0.15) is 0 Å². The zero-order valence-corrected chi connectivity index (χ0v) is 20.3. The fourth-order valence-corrected chi connectivity index (χ4v) is 5.77. The first-order valence-electron chi connectivity index (χ1n) is 12.0. The summed E-state index contributed by atoms with van der Waals surface area (Å²) in [5.74, 6) is -1.73. The second kappa shape index (κ2) is 8.83. The monoisotopic (exact) mass is 504 g/mol. The lowest BCUT2D eigenvalue weighted by molar-refractivity contribution is -0.191. The van der Waals surface area contributed by atoms with E-state index in [4.69, 9.17) is 4.74 Å². The van der Waals surface area contributed by atoms with Gasteiger partial charge in [-0.3, -0.25) is 4.79 Å². The molecule has 5 rings (SSSR count). The molecule has 1 aliphatic carbocycles. The maximum atomic E-state index is 14.2. The number of aromatic nitrogens is 3. The highest BCUT2D eigenvalue weighted by molar-refractivity contribution is 5.79. The molecule has 1 aromatic carbocycles. The first-order valence-corrected chi connectivity index (χ1v) is 12.0. The van der Waals surface area contributed by atoms with E-state index in [9.17, 15) is 22.4 Å². The van der Waals surface area contributed by atoms with Crippen molar-refractivity contribution in [2.45, 2.75) is 56.7 Å². The van der Waals surface area contributed by atoms with Gasteiger partial charge < -0.3 is 9.64 Å². The van der Waals surface area contributed by atoms with Crippen molar-refractivity contribution in [1.29, 1.82) is 0 Å². The van der Waals surface area contributed by atoms with Gasteiger partial charge in [-0.15, -0.1) is 5.10 Å². The molecule has 3 heterocycles. The van der Waals surface area contributed by atoms with E-state index in [1.165, 1.54) is 29.8 Å². The normalized spacial score (nSPS) is 20.9. The van der Waals surface area contributed by atoms with Gasteiger partial charge in [0.2, 0.25) is 11.9 Å². The first-order chi connectivity index (χ1) is 17.0. The van der Waals surface area contributed by atoms with Crippen molar-refractivity contribution >= 4 is 11.6 Å². The van der Waals surface area contributed by atoms with Crippen molar-refractivity contribution < 1.29 is 27.1 Å². The molecule has 0 saturated carbocycles. The number of hydrogen-bond donors (Lipinski definition) is 0. The molecule has 0 spiro atoms. The van der Waals surface area contributed by atoms with Gasteiger partial charge in [-0.2, -0.15) is 17.6 Å². The van der Waals surface area contributed by atoms with E-state index < -0.39 is 30.0 Å². The van der Waals surface area contributed by atoms with Crippen LogP contribution in [0.4, 0.5) is 17.6 Å². The predicted octanol–water partition coefficient (Wildman–Crippen LogP) is 5.17. The number of ether oxygens (including phenoxy) is 1. The number of rotatable bonds is 4. The molecular weight excluding hydrogens is 476 g/mol. The Morgan fingerprint density at radius 2 is 1.86 bits per heavy atom. The number of halogens is 4. The van der Waals surface area contributed by atoms with Crippen LogP contribution in [-0.4, -0.2) is 51.8 Å². The molecule has 192 valence electrons. The molecule has 2 atom stereocenters. The summed E-state index contributed by atoms with van der Waals surface area (Å²) in [6, 6.07) is 5.50. The maximum absolute atomic E-state index is 14.2. The molecule has 3 aromatic rings. The third kappa shape index (κ3) is 4.25. The molecule has 6 nitrogen and oxygen atoms in total. The molecule has 0 radical (unpaired) electrons. The van der Waals surface area contributed by atoms with E-state index in [0.717, 1.165) is 21.7 Å². The van der Waals surface area contributed by atoms with Gasteiger partial charge in [0.15, 0.2) is 11.7 Å². The summed E-state index contributed by atoms with van der Waals surface area (Å²) in [5, 5.41) is 3.96. The topological polar surface area (TPSA) is 59.7 Å². The predicted molar refractivity (Wildman–Crippen MR) is 124 cm³/mol. The van der Waals surface area contributed by atoms with Crippen molar-refractivity contribution in [1.82, 2.24) is 19.5 Å². The van der Waals surface area contributed by atoms with Gasteiger partial charge in [0.25, 0.3) is 0 Å². The van der Waals surface area contributed by atoms with Crippen LogP contribution in [0.25, 0.3) is 5.65 Å². The lowest BCUT2D eigenvalue weighted by Crippen LogP contribution is -2.43. The Bertz CT molecular complexity index is 1280. The molecule has 1 amide bonds. The van der Waals surface area contributed by atoms with Gasteiger partial charge in [-0.05, 0) is 30.4 Å². The summed E-state index contributed by atoms with van der Waals surface area (Å²) in [6.45, 7) is 4.83. The largest absolute Gasteiger partial charge is 0.413 e. The number of hydrogen-bond acceptors (Lipinski definition) is 4. The summed E-state index contributed by atoms with van der Waals surface area (Å²) >= 11 is 0. The van der Waals surface area contributed by atoms with Crippen LogP contribution < -0.4 is 0 Å². The molecule has 36 heavy (non-hydrogen) atoms. The highest BCUT2D eigenvalue weighted by atomic mass is 19.4. The first kappa shape index (κ1) is 24.7. The van der Waals surface area contributed by atoms with Gasteiger partial charge in [0, 0.05) is 55.3 Å². The van der Waals surface area contributed by atoms with Crippen LogP contribution in [0.2, 0.25) is 0 Å². The lowest BCUT2D eigenvalue weighted by atomic mass is 9.86. The van der Waals surface area contributed by atoms with Crippen molar-refractivity contribution in [3.05, 3.63) is 64.9 Å². The summed E-state index contributed by atoms with van der Waals surface area (Å²) < 4.78 is 63.1. The molecule has 1 fully saturated rings. The highest BCUT2D eigenvalue weighted by Crippen LogP contribution is 2.48. The van der Waals surface area contributed by atoms with E-state index in [0.29, 0.717) is 38.1 Å². The number of nitrogens with zero attached hydrogens (tertiary/aromatic N) is 4. The fourth-order valence-electron chi connectivity index (χ4n) is 5.77. The molecule has 1 unspecified atom stereocenters. The van der Waals surface area contributed by atoms with Crippen molar-refractivity contribution in [2.75, 3.05) is 20.3 Å². The quantitative estimate of drug-likeness (QED) is 0.460. The van der Waals surface area contributed by atoms with E-state index in [1.54, 1.807) is 18.3 Å². The molecule has 2 aromatic heterocycles. The number of benzene rings is 1. The Morgan fingerprint density at radius 1 is 1.19 bits per heavy atom. The van der Waals surface area contributed by atoms with Crippen molar-refractivity contribution in [3.63, 3.8) is 0 Å². The number of carbonyl (C=O) groups excluding carboxylic acids is 1. The third-order valence-corrected chi connectivity index (χ3v) is 7.48. The Balaban J connectivity index is 1.46. The smallest absolute Gasteiger partial charge is 0.381 e. The number of fused-ring (bicyclic) bond motifs is 3. The summed E-state index contributed by atoms with van der Waals surface area (Å²) in [6.07, 6.45) is -1.40. The minimum Gasteiger partial charge on any atom is -0.381 e. The number of carbonyl (C=O) groups is 1. The van der Waals surface area contributed by atoms with E-state index in [2.05, 4.69) is 10.1 Å². The standard InChI is InChI=1S/C26H28F4N4O2/c1-25(2)13-18(19-14-31-21-12-20(27)32-34(21)23(19)25)15-4-6-16(7-5-15)22(26(28,29)30)33(3)24(35)17-8-10-36-11-9-17/h4-7,12,14,17-18,22H,8-11,13H2,1-3H3/t18?,22-/m0/s1. The molecule has 1 aliphatic heterocycles. The van der Waals surface area contributed by atoms with Crippen LogP contribution in [0.1, 0.15) is 67.5 Å². The molecule has 0 N–H and O–H groups in total. The Kier molecular flexibility index (Phi) is 6.05. The molecule has 0 bridgehead atoms. The van der Waals surface area contributed by atoms with E-state index >= 15 is 0 Å².